The Balaban J connectivity index is 0.000001000. The van der Waals surface area contributed by atoms with E-state index in [1.165, 1.54) is 16.9 Å². The molecule has 1 aliphatic rings. The van der Waals surface area contributed by atoms with Crippen LogP contribution in [0.4, 0.5) is 0 Å². The highest BCUT2D eigenvalue weighted by Crippen LogP contribution is 2.28. The second kappa shape index (κ2) is 7.69. The monoisotopic (exact) mass is 186 g/mol. The standard InChI is InChI=1S/C6H11.C3H7.ClH.Mg/c1-2-4-6-5-3-1;1-3-2;;/h1H,2-6H2;1,3H2,2H3;1H;. The van der Waals surface area contributed by atoms with Gasteiger partial charge in [0.15, 0.2) is 0 Å². The molecular weight excluding hydrogens is 168 g/mol. The molecule has 0 spiro atoms. The van der Waals surface area contributed by atoms with Crippen molar-refractivity contribution in [3.8, 4) is 0 Å². The van der Waals surface area contributed by atoms with Crippen LogP contribution in [0.5, 0.6) is 0 Å². The first-order valence-corrected chi connectivity index (χ1v) is 6.75. The van der Waals surface area contributed by atoms with Gasteiger partial charge in [-0.2, -0.15) is 0 Å². The molecule has 0 aromatic carbocycles. The van der Waals surface area contributed by atoms with Crippen LogP contribution >= 0.6 is 12.4 Å². The molecule has 0 aliphatic heterocycles. The SMILES string of the molecule is CC[CH2][Mg][CH]1CCCCC1.Cl. The molecule has 0 saturated heterocycles. The summed E-state index contributed by atoms with van der Waals surface area (Å²) in [6.45, 7) is 2.33. The maximum atomic E-state index is 2.33. The molecule has 0 atom stereocenters. The van der Waals surface area contributed by atoms with Gasteiger partial charge >= 0.3 is 20.4 Å². The molecular formula is C9H19ClMg. The first kappa shape index (κ1) is 12.1. The third-order valence-corrected chi connectivity index (χ3v) is 5.44. The van der Waals surface area contributed by atoms with Crippen molar-refractivity contribution in [3.63, 3.8) is 0 Å². The zero-order valence-electron chi connectivity index (χ0n) is 7.64. The van der Waals surface area contributed by atoms with Gasteiger partial charge in [-0.15, -0.1) is 21.0 Å². The predicted molar refractivity (Wildman–Crippen MR) is 54.9 cm³/mol. The second-order valence-electron chi connectivity index (χ2n) is 3.65. The van der Waals surface area contributed by atoms with Crippen LogP contribution in [-0.2, 0) is 0 Å². The van der Waals surface area contributed by atoms with E-state index in [1.54, 1.807) is 30.2 Å². The molecule has 1 rings (SSSR count). The Hall–Kier alpha value is 1.06. The fourth-order valence-corrected chi connectivity index (χ4v) is 4.11. The average molecular weight is 187 g/mol. The molecule has 0 radical (unpaired) electrons. The minimum Gasteiger partial charge on any atom is -0.147 e. The normalized spacial score (nSPS) is 18.6. The van der Waals surface area contributed by atoms with E-state index in [-0.39, 0.29) is 12.4 Å². The van der Waals surface area contributed by atoms with Crippen molar-refractivity contribution in [1.82, 2.24) is 0 Å². The van der Waals surface area contributed by atoms with E-state index in [0.29, 0.717) is 20.4 Å². The molecule has 0 amide bonds. The zero-order chi connectivity index (χ0) is 7.23. The van der Waals surface area contributed by atoms with Crippen molar-refractivity contribution < 1.29 is 0 Å². The molecule has 2 heteroatoms. The lowest BCUT2D eigenvalue weighted by molar-refractivity contribution is 0.499. The van der Waals surface area contributed by atoms with E-state index in [9.17, 15) is 0 Å². The summed E-state index contributed by atoms with van der Waals surface area (Å²) >= 11 is 0.366. The first-order valence-electron chi connectivity index (χ1n) is 4.93. The van der Waals surface area contributed by atoms with Crippen molar-refractivity contribution in [2.75, 3.05) is 0 Å². The molecule has 0 unspecified atom stereocenters. The Morgan fingerprint density at radius 1 is 1.18 bits per heavy atom. The molecule has 0 nitrogen and oxygen atoms in total. The van der Waals surface area contributed by atoms with Crippen LogP contribution in [0.1, 0.15) is 45.4 Å². The summed E-state index contributed by atoms with van der Waals surface area (Å²) in [7, 11) is 0. The molecule has 1 saturated carbocycles. The quantitative estimate of drug-likeness (QED) is 0.591. The van der Waals surface area contributed by atoms with Gasteiger partial charge in [0.2, 0.25) is 0 Å². The van der Waals surface area contributed by atoms with Gasteiger partial charge in [0.05, 0.1) is 0 Å². The van der Waals surface area contributed by atoms with Crippen LogP contribution in [0.15, 0.2) is 0 Å². The lowest BCUT2D eigenvalue weighted by Crippen LogP contribution is -2.07. The zero-order valence-corrected chi connectivity index (χ0v) is 9.87. The van der Waals surface area contributed by atoms with E-state index < -0.39 is 0 Å². The van der Waals surface area contributed by atoms with Gasteiger partial charge in [-0.05, 0) is 0 Å². The van der Waals surface area contributed by atoms with Crippen molar-refractivity contribution in [2.24, 2.45) is 0 Å². The largest absolute Gasteiger partial charge is 0.368 e. The number of hydrogen-bond donors (Lipinski definition) is 0. The Kier molecular flexibility index (Phi) is 8.43. The number of halogens is 1. The summed E-state index contributed by atoms with van der Waals surface area (Å²) in [5.41, 5.74) is 0. The second-order valence-corrected chi connectivity index (χ2v) is 6.09. The van der Waals surface area contributed by atoms with Crippen LogP contribution in [-0.4, -0.2) is 20.4 Å². The van der Waals surface area contributed by atoms with E-state index >= 15 is 0 Å². The van der Waals surface area contributed by atoms with Gasteiger partial charge in [0, 0.05) is 0 Å². The van der Waals surface area contributed by atoms with E-state index in [4.69, 9.17) is 0 Å². The summed E-state index contributed by atoms with van der Waals surface area (Å²) in [6.07, 6.45) is 9.24. The summed E-state index contributed by atoms with van der Waals surface area (Å²) in [6, 6.07) is 0. The fourth-order valence-electron chi connectivity index (χ4n) is 1.97. The predicted octanol–water partition coefficient (Wildman–Crippen LogP) is 3.69. The van der Waals surface area contributed by atoms with Gasteiger partial charge in [-0.25, -0.2) is 0 Å². The van der Waals surface area contributed by atoms with Crippen LogP contribution in [0.25, 0.3) is 0 Å². The van der Waals surface area contributed by atoms with Crippen molar-refractivity contribution in [2.45, 2.75) is 54.0 Å². The molecule has 64 valence electrons. The smallest absolute Gasteiger partial charge is 0.147 e. The average Bonchev–Trinajstić information content (AvgIpc) is 2.03. The van der Waals surface area contributed by atoms with Gasteiger partial charge in [-0.1, -0.05) is 45.4 Å². The van der Waals surface area contributed by atoms with Gasteiger partial charge in [-0.3, -0.25) is 0 Å². The topological polar surface area (TPSA) is 0 Å². The maximum Gasteiger partial charge on any atom is 0.368 e. The maximum absolute atomic E-state index is 2.33. The third-order valence-electron chi connectivity index (χ3n) is 2.69. The molecule has 0 heterocycles. The molecule has 1 aliphatic carbocycles. The van der Waals surface area contributed by atoms with Crippen molar-refractivity contribution in [3.05, 3.63) is 0 Å². The number of rotatable bonds is 3. The van der Waals surface area contributed by atoms with Gasteiger partial charge < -0.3 is 0 Å². The highest BCUT2D eigenvalue weighted by Gasteiger charge is 2.14. The fraction of sp³-hybridized carbons (Fsp3) is 1.00. The first-order chi connectivity index (χ1) is 4.93. The number of hydrogen-bond acceptors (Lipinski definition) is 0. The molecule has 0 aromatic rings. The third kappa shape index (κ3) is 5.32. The summed E-state index contributed by atoms with van der Waals surface area (Å²) < 4.78 is 2.85. The lowest BCUT2D eigenvalue weighted by Gasteiger charge is -2.20. The summed E-state index contributed by atoms with van der Waals surface area (Å²) in [5.74, 6) is 0. The van der Waals surface area contributed by atoms with Crippen molar-refractivity contribution >= 4 is 32.8 Å². The van der Waals surface area contributed by atoms with Crippen LogP contribution in [0.2, 0.25) is 8.60 Å². The van der Waals surface area contributed by atoms with E-state index in [1.807, 2.05) is 0 Å². The Morgan fingerprint density at radius 2 is 1.82 bits per heavy atom. The summed E-state index contributed by atoms with van der Waals surface area (Å²) in [5, 5.41) is 0. The minimum atomic E-state index is 0. The molecule has 0 bridgehead atoms. The molecule has 1 fully saturated rings. The molecule has 11 heavy (non-hydrogen) atoms. The van der Waals surface area contributed by atoms with Gasteiger partial charge in [0.25, 0.3) is 0 Å². The van der Waals surface area contributed by atoms with Crippen LogP contribution in [0, 0.1) is 0 Å². The highest BCUT2D eigenvalue weighted by atomic mass is 35.5. The van der Waals surface area contributed by atoms with Gasteiger partial charge in [0.1, 0.15) is 0 Å². The van der Waals surface area contributed by atoms with E-state index in [0.717, 1.165) is 0 Å². The Bertz CT molecular complexity index is 79.6. The molecule has 0 N–H and O–H groups in total. The minimum absolute atomic E-state index is 0. The van der Waals surface area contributed by atoms with E-state index in [2.05, 4.69) is 6.92 Å². The Morgan fingerprint density at radius 3 is 2.36 bits per heavy atom. The van der Waals surface area contributed by atoms with Crippen molar-refractivity contribution in [1.29, 1.82) is 0 Å². The summed E-state index contributed by atoms with van der Waals surface area (Å²) in [4.78, 5) is 0. The molecule has 0 aromatic heterocycles. The lowest BCUT2D eigenvalue weighted by atomic mass is 10.00. The highest BCUT2D eigenvalue weighted by molar-refractivity contribution is 6.37. The van der Waals surface area contributed by atoms with Crippen LogP contribution in [0.3, 0.4) is 0 Å². The van der Waals surface area contributed by atoms with Crippen LogP contribution < -0.4 is 0 Å². The Labute approximate surface area is 86.6 Å².